The minimum atomic E-state index is -0.961. The highest BCUT2D eigenvalue weighted by Gasteiger charge is 2.48. The molecule has 1 unspecified atom stereocenters. The molecule has 1 fully saturated rings. The van der Waals surface area contributed by atoms with E-state index in [1.165, 1.54) is 6.42 Å². The summed E-state index contributed by atoms with van der Waals surface area (Å²) in [5.74, 6) is -2.04. The van der Waals surface area contributed by atoms with E-state index in [0.29, 0.717) is 16.4 Å². The van der Waals surface area contributed by atoms with Crippen LogP contribution in [0.4, 0.5) is 20.2 Å². The smallest absolute Gasteiger partial charge is 0.161 e. The maximum Gasteiger partial charge on any atom is 0.161 e. The molecular weight excluding hydrogens is 370 g/mol. The Labute approximate surface area is 162 Å². The molecule has 2 aromatic carbocycles. The highest BCUT2D eigenvalue weighted by molar-refractivity contribution is 6.30. The van der Waals surface area contributed by atoms with Crippen molar-refractivity contribution in [3.05, 3.63) is 58.6 Å². The molecule has 1 heterocycles. The quantitative estimate of drug-likeness (QED) is 0.657. The van der Waals surface area contributed by atoms with E-state index in [0.717, 1.165) is 49.7 Å². The second-order valence-electron chi connectivity index (χ2n) is 7.44. The molecule has 0 bridgehead atoms. The predicted molar refractivity (Wildman–Crippen MR) is 103 cm³/mol. The summed E-state index contributed by atoms with van der Waals surface area (Å²) < 4.78 is 27.6. The lowest BCUT2D eigenvalue weighted by Crippen LogP contribution is -2.50. The van der Waals surface area contributed by atoms with E-state index in [1.807, 2.05) is 12.1 Å². The Morgan fingerprint density at radius 3 is 2.07 bits per heavy atom. The van der Waals surface area contributed by atoms with Gasteiger partial charge in [-0.15, -0.1) is 0 Å². The molecule has 0 saturated heterocycles. The van der Waals surface area contributed by atoms with Crippen LogP contribution in [0.1, 0.15) is 37.7 Å². The first kappa shape index (κ1) is 18.2. The Kier molecular flexibility index (Phi) is 4.81. The van der Waals surface area contributed by atoms with Gasteiger partial charge in [-0.1, -0.05) is 43.0 Å². The molecule has 1 atom stereocenters. The Hall–Kier alpha value is -2.14. The Bertz CT molecular complexity index is 819. The van der Waals surface area contributed by atoms with Gasteiger partial charge in [0.15, 0.2) is 11.6 Å². The zero-order valence-corrected chi connectivity index (χ0v) is 15.5. The molecule has 0 aromatic heterocycles. The van der Waals surface area contributed by atoms with Crippen molar-refractivity contribution in [3.63, 3.8) is 0 Å². The van der Waals surface area contributed by atoms with Gasteiger partial charge in [0, 0.05) is 17.2 Å². The lowest BCUT2D eigenvalue weighted by molar-refractivity contribution is -0.114. The lowest BCUT2D eigenvalue weighted by Gasteiger charge is -2.41. The number of carbonyl (C=O) groups excluding carboxylic acids is 1. The van der Waals surface area contributed by atoms with Gasteiger partial charge < -0.3 is 15.4 Å². The van der Waals surface area contributed by atoms with E-state index in [9.17, 15) is 13.6 Å². The van der Waals surface area contributed by atoms with Crippen molar-refractivity contribution in [2.75, 3.05) is 10.6 Å². The van der Waals surface area contributed by atoms with Crippen molar-refractivity contribution in [2.45, 2.75) is 37.8 Å². The van der Waals surface area contributed by atoms with Crippen LogP contribution in [0.5, 0.6) is 0 Å². The average molecular weight is 391 g/mol. The molecule has 3 nitrogen and oxygen atoms in total. The fourth-order valence-corrected chi connectivity index (χ4v) is 4.61. The maximum absolute atomic E-state index is 13.8. The summed E-state index contributed by atoms with van der Waals surface area (Å²) in [6.07, 6.45) is 6.24. The molecule has 27 heavy (non-hydrogen) atoms. The van der Waals surface area contributed by atoms with Crippen LogP contribution in [0.15, 0.2) is 36.4 Å². The van der Waals surface area contributed by atoms with Crippen LogP contribution in [0.25, 0.3) is 0 Å². The third kappa shape index (κ3) is 3.18. The summed E-state index contributed by atoms with van der Waals surface area (Å²) in [7, 11) is 0. The van der Waals surface area contributed by atoms with Gasteiger partial charge in [0.2, 0.25) is 0 Å². The van der Waals surface area contributed by atoms with Crippen LogP contribution in [-0.2, 0) is 10.5 Å². The van der Waals surface area contributed by atoms with Gasteiger partial charge in [-0.2, -0.15) is 0 Å². The molecule has 0 spiro atoms. The summed E-state index contributed by atoms with van der Waals surface area (Å²) >= 11 is 6.05. The summed E-state index contributed by atoms with van der Waals surface area (Å²) in [6, 6.07) is 9.49. The van der Waals surface area contributed by atoms with E-state index in [4.69, 9.17) is 11.6 Å². The monoisotopic (exact) mass is 390 g/mol. The number of hydrogen-bond donors (Lipinski definition) is 2. The van der Waals surface area contributed by atoms with Crippen molar-refractivity contribution in [1.29, 1.82) is 0 Å². The number of carbonyl (C=O) groups is 1. The largest absolute Gasteiger partial charge is 0.357 e. The fraction of sp³-hybridized carbons (Fsp3) is 0.381. The van der Waals surface area contributed by atoms with Gasteiger partial charge in [-0.3, -0.25) is 0 Å². The number of benzene rings is 2. The van der Waals surface area contributed by atoms with Crippen molar-refractivity contribution < 1.29 is 13.6 Å². The van der Waals surface area contributed by atoms with E-state index in [1.54, 1.807) is 12.1 Å². The molecule has 0 amide bonds. The molecule has 2 N–H and O–H groups in total. The molecule has 1 aliphatic heterocycles. The van der Waals surface area contributed by atoms with E-state index in [-0.39, 0.29) is 5.92 Å². The summed E-state index contributed by atoms with van der Waals surface area (Å²) in [5.41, 5.74) is 0.751. The summed E-state index contributed by atoms with van der Waals surface area (Å²) in [4.78, 5) is 12.3. The molecule has 6 heteroatoms. The van der Waals surface area contributed by atoms with Gasteiger partial charge in [-0.25, -0.2) is 8.78 Å². The average Bonchev–Trinajstić information content (AvgIpc) is 3.03. The van der Waals surface area contributed by atoms with Gasteiger partial charge in [0.1, 0.15) is 11.9 Å². The third-order valence-corrected chi connectivity index (χ3v) is 6.08. The molecule has 1 aliphatic carbocycles. The van der Waals surface area contributed by atoms with Crippen molar-refractivity contribution in [2.24, 2.45) is 11.8 Å². The van der Waals surface area contributed by atoms with Gasteiger partial charge >= 0.3 is 0 Å². The zero-order chi connectivity index (χ0) is 19.0. The second kappa shape index (κ2) is 7.12. The van der Waals surface area contributed by atoms with Crippen molar-refractivity contribution >= 4 is 29.3 Å². The number of hydrogen-bond acceptors (Lipinski definition) is 3. The first-order chi connectivity index (χ1) is 13.0. The highest BCUT2D eigenvalue weighted by atomic mass is 35.5. The molecule has 2 aromatic rings. The summed E-state index contributed by atoms with van der Waals surface area (Å²) in [6.45, 7) is 0. The SMILES string of the molecule is O=CC(C1CCCCC1)C1(c2ccc(Cl)cc2)Nc2cc(F)c(F)cc2N1. The van der Waals surface area contributed by atoms with E-state index in [2.05, 4.69) is 10.6 Å². The van der Waals surface area contributed by atoms with Gasteiger partial charge in [-0.05, 0) is 36.5 Å². The van der Waals surface area contributed by atoms with Crippen LogP contribution in [-0.4, -0.2) is 6.29 Å². The first-order valence-electron chi connectivity index (χ1n) is 9.30. The van der Waals surface area contributed by atoms with Gasteiger partial charge in [0.25, 0.3) is 0 Å². The molecule has 4 rings (SSSR count). The van der Waals surface area contributed by atoms with Crippen LogP contribution >= 0.6 is 11.6 Å². The minimum absolute atomic E-state index is 0.191. The number of anilines is 2. The number of fused-ring (bicyclic) bond motifs is 1. The maximum atomic E-state index is 13.8. The van der Waals surface area contributed by atoms with E-state index >= 15 is 0 Å². The Morgan fingerprint density at radius 1 is 1.00 bits per heavy atom. The Balaban J connectivity index is 1.81. The van der Waals surface area contributed by atoms with Crippen LogP contribution in [0.2, 0.25) is 5.02 Å². The van der Waals surface area contributed by atoms with Gasteiger partial charge in [0.05, 0.1) is 17.3 Å². The minimum Gasteiger partial charge on any atom is -0.357 e. The first-order valence-corrected chi connectivity index (χ1v) is 9.68. The van der Waals surface area contributed by atoms with Crippen molar-refractivity contribution in [3.8, 4) is 0 Å². The molecule has 142 valence electrons. The molecule has 0 radical (unpaired) electrons. The molecule has 1 saturated carbocycles. The van der Waals surface area contributed by atoms with Crippen LogP contribution < -0.4 is 10.6 Å². The molecular formula is C21H21ClF2N2O. The highest BCUT2D eigenvalue weighted by Crippen LogP contribution is 2.48. The standard InChI is InChI=1S/C21H21ClF2N2O/c22-15-8-6-14(7-9-15)21(16(12-27)13-4-2-1-3-5-13)25-19-10-17(23)18(24)11-20(19)26-21/h6-13,16,25-26H,1-5H2. The fourth-order valence-electron chi connectivity index (χ4n) is 4.49. The van der Waals surface area contributed by atoms with Crippen LogP contribution in [0, 0.1) is 23.5 Å². The third-order valence-electron chi connectivity index (χ3n) is 5.83. The number of rotatable bonds is 4. The molecule has 2 aliphatic rings. The van der Waals surface area contributed by atoms with E-state index < -0.39 is 23.2 Å². The second-order valence-corrected chi connectivity index (χ2v) is 7.87. The van der Waals surface area contributed by atoms with Crippen LogP contribution in [0.3, 0.4) is 0 Å². The number of aldehydes is 1. The van der Waals surface area contributed by atoms with Crippen molar-refractivity contribution in [1.82, 2.24) is 0 Å². The topological polar surface area (TPSA) is 41.1 Å². The number of nitrogens with one attached hydrogen (secondary N) is 2. The predicted octanol–water partition coefficient (Wildman–Crippen LogP) is 5.70. The number of halogens is 3. The zero-order valence-electron chi connectivity index (χ0n) is 14.8. The lowest BCUT2D eigenvalue weighted by atomic mass is 9.72. The Morgan fingerprint density at radius 2 is 1.56 bits per heavy atom. The summed E-state index contributed by atoms with van der Waals surface area (Å²) in [5, 5.41) is 7.20. The normalized spacial score (nSPS) is 19.7.